The highest BCUT2D eigenvalue weighted by Gasteiger charge is 2.27. The first kappa shape index (κ1) is 21.7. The maximum Gasteiger partial charge on any atom is 0.259 e. The number of ether oxygens (including phenoxy) is 1. The van der Waals surface area contributed by atoms with Gasteiger partial charge in [-0.05, 0) is 30.3 Å². The molecule has 0 bridgehead atoms. The summed E-state index contributed by atoms with van der Waals surface area (Å²) >= 11 is 0. The molecule has 9 heteroatoms. The van der Waals surface area contributed by atoms with E-state index in [1.54, 1.807) is 40.9 Å². The smallest absolute Gasteiger partial charge is 0.259 e. The Kier molecular flexibility index (Phi) is 5.54. The van der Waals surface area contributed by atoms with Crippen LogP contribution in [-0.2, 0) is 18.8 Å². The van der Waals surface area contributed by atoms with Crippen molar-refractivity contribution in [3.8, 4) is 17.3 Å². The van der Waals surface area contributed by atoms with Crippen LogP contribution in [0.3, 0.4) is 0 Å². The molecular formula is C25H25N5O4. The van der Waals surface area contributed by atoms with Gasteiger partial charge in [-0.3, -0.25) is 9.59 Å². The summed E-state index contributed by atoms with van der Waals surface area (Å²) < 4.78 is 8.89. The molecule has 1 aliphatic rings. The van der Waals surface area contributed by atoms with Crippen molar-refractivity contribution in [2.75, 3.05) is 31.6 Å². The number of aromatic nitrogens is 3. The lowest BCUT2D eigenvalue weighted by atomic mass is 10.2. The van der Waals surface area contributed by atoms with Gasteiger partial charge in [0.2, 0.25) is 0 Å². The Hall–Kier alpha value is -4.11. The van der Waals surface area contributed by atoms with Gasteiger partial charge in [-0.25, -0.2) is 4.98 Å². The van der Waals surface area contributed by atoms with Crippen molar-refractivity contribution in [3.05, 3.63) is 65.9 Å². The van der Waals surface area contributed by atoms with E-state index in [4.69, 9.17) is 9.72 Å². The van der Waals surface area contributed by atoms with Crippen molar-refractivity contribution in [1.29, 1.82) is 0 Å². The molecule has 2 amide bonds. The van der Waals surface area contributed by atoms with E-state index in [0.717, 1.165) is 5.52 Å². The average Bonchev–Trinajstić information content (AvgIpc) is 3.34. The van der Waals surface area contributed by atoms with Gasteiger partial charge in [0.15, 0.2) is 11.6 Å². The second kappa shape index (κ2) is 8.68. The number of imidazole rings is 1. The van der Waals surface area contributed by atoms with Crippen molar-refractivity contribution in [2.45, 2.75) is 0 Å². The van der Waals surface area contributed by atoms with Crippen LogP contribution in [0.4, 0.5) is 5.69 Å². The Morgan fingerprint density at radius 3 is 2.53 bits per heavy atom. The molecule has 2 aromatic heterocycles. The number of anilines is 1. The van der Waals surface area contributed by atoms with Gasteiger partial charge in [-0.15, -0.1) is 0 Å². The van der Waals surface area contributed by atoms with Gasteiger partial charge >= 0.3 is 0 Å². The molecule has 0 aliphatic carbocycles. The van der Waals surface area contributed by atoms with E-state index in [1.165, 1.54) is 0 Å². The van der Waals surface area contributed by atoms with Crippen LogP contribution in [0.1, 0.15) is 20.7 Å². The fourth-order valence-electron chi connectivity index (χ4n) is 4.25. The lowest BCUT2D eigenvalue weighted by Gasteiger charge is -2.26. The van der Waals surface area contributed by atoms with Gasteiger partial charge in [0.05, 0.1) is 29.8 Å². The predicted octanol–water partition coefficient (Wildman–Crippen LogP) is 3.01. The molecule has 1 fully saturated rings. The maximum absolute atomic E-state index is 13.0. The minimum absolute atomic E-state index is 0.102. The molecule has 0 radical (unpaired) electrons. The third-order valence-electron chi connectivity index (χ3n) is 6.07. The molecule has 4 aromatic rings. The van der Waals surface area contributed by atoms with E-state index in [-0.39, 0.29) is 23.1 Å². The van der Waals surface area contributed by atoms with Gasteiger partial charge in [0, 0.05) is 44.6 Å². The summed E-state index contributed by atoms with van der Waals surface area (Å²) in [6.07, 6.45) is 1.63. The second-order valence-corrected chi connectivity index (χ2v) is 8.27. The predicted molar refractivity (Wildman–Crippen MR) is 128 cm³/mol. The lowest BCUT2D eigenvalue weighted by molar-refractivity contribution is 0.0301. The minimum Gasteiger partial charge on any atom is -0.505 e. The summed E-state index contributed by atoms with van der Waals surface area (Å²) in [5, 5.41) is 13.9. The minimum atomic E-state index is -0.229. The highest BCUT2D eigenvalue weighted by atomic mass is 16.5. The number of amides is 2. The molecule has 174 valence electrons. The van der Waals surface area contributed by atoms with Crippen LogP contribution < -0.4 is 5.32 Å². The quantitative estimate of drug-likeness (QED) is 0.489. The highest BCUT2D eigenvalue weighted by molar-refractivity contribution is 6.05. The van der Waals surface area contributed by atoms with E-state index < -0.39 is 0 Å². The Balaban J connectivity index is 1.47. The van der Waals surface area contributed by atoms with E-state index in [0.29, 0.717) is 54.6 Å². The van der Waals surface area contributed by atoms with E-state index in [2.05, 4.69) is 5.32 Å². The number of nitrogens with one attached hydrogen (secondary N) is 1. The van der Waals surface area contributed by atoms with Crippen LogP contribution >= 0.6 is 0 Å². The first-order valence-electron chi connectivity index (χ1n) is 11.0. The Bertz CT molecular complexity index is 1380. The number of fused-ring (bicyclic) bond motifs is 1. The summed E-state index contributed by atoms with van der Waals surface area (Å²) in [6, 6.07) is 14.5. The van der Waals surface area contributed by atoms with Crippen LogP contribution in [0.2, 0.25) is 0 Å². The third-order valence-corrected chi connectivity index (χ3v) is 6.07. The summed E-state index contributed by atoms with van der Waals surface area (Å²) in [5.41, 5.74) is 3.35. The topological polar surface area (TPSA) is 102 Å². The van der Waals surface area contributed by atoms with Crippen molar-refractivity contribution in [2.24, 2.45) is 14.1 Å². The van der Waals surface area contributed by atoms with E-state index in [9.17, 15) is 14.7 Å². The third kappa shape index (κ3) is 3.80. The van der Waals surface area contributed by atoms with E-state index >= 15 is 0 Å². The Labute approximate surface area is 196 Å². The summed E-state index contributed by atoms with van der Waals surface area (Å²) in [6.45, 7) is 1.96. The summed E-state index contributed by atoms with van der Waals surface area (Å²) in [5.74, 6) is -0.0210. The number of nitrogens with zero attached hydrogens (tertiary/aromatic N) is 4. The average molecular weight is 460 g/mol. The van der Waals surface area contributed by atoms with Gasteiger partial charge < -0.3 is 29.2 Å². The van der Waals surface area contributed by atoms with Gasteiger partial charge in [-0.2, -0.15) is 0 Å². The van der Waals surface area contributed by atoms with Gasteiger partial charge in [0.25, 0.3) is 11.8 Å². The number of hydrogen-bond acceptors (Lipinski definition) is 5. The zero-order valence-corrected chi connectivity index (χ0v) is 19.0. The van der Waals surface area contributed by atoms with Crippen molar-refractivity contribution < 1.29 is 19.4 Å². The molecule has 3 heterocycles. The highest BCUT2D eigenvalue weighted by Crippen LogP contribution is 2.35. The molecule has 0 saturated carbocycles. The lowest BCUT2D eigenvalue weighted by Crippen LogP contribution is -2.40. The fourth-order valence-corrected chi connectivity index (χ4v) is 4.25. The number of aromatic hydroxyl groups is 1. The Morgan fingerprint density at radius 1 is 1.06 bits per heavy atom. The van der Waals surface area contributed by atoms with Gasteiger partial charge in [0.1, 0.15) is 5.69 Å². The monoisotopic (exact) mass is 459 g/mol. The molecule has 9 nitrogen and oxygen atoms in total. The zero-order chi connectivity index (χ0) is 23.8. The van der Waals surface area contributed by atoms with Crippen LogP contribution in [0.15, 0.2) is 54.7 Å². The maximum atomic E-state index is 13.0. The van der Waals surface area contributed by atoms with Crippen LogP contribution in [-0.4, -0.2) is 62.2 Å². The molecule has 1 aliphatic heterocycles. The number of rotatable bonds is 4. The van der Waals surface area contributed by atoms with Crippen molar-refractivity contribution >= 4 is 28.5 Å². The Morgan fingerprint density at radius 2 is 1.79 bits per heavy atom. The molecule has 5 rings (SSSR count). The number of morpholine rings is 1. The summed E-state index contributed by atoms with van der Waals surface area (Å²) in [7, 11) is 3.62. The fraction of sp³-hybridized carbons (Fsp3) is 0.240. The number of benzene rings is 2. The number of hydrogen-bond donors (Lipinski definition) is 2. The molecule has 2 aromatic carbocycles. The largest absolute Gasteiger partial charge is 0.505 e. The molecule has 34 heavy (non-hydrogen) atoms. The molecule has 0 atom stereocenters. The molecule has 0 unspecified atom stereocenters. The van der Waals surface area contributed by atoms with Crippen LogP contribution in [0, 0.1) is 0 Å². The van der Waals surface area contributed by atoms with Crippen LogP contribution in [0.25, 0.3) is 22.6 Å². The van der Waals surface area contributed by atoms with Crippen LogP contribution in [0.5, 0.6) is 5.75 Å². The molecule has 2 N–H and O–H groups in total. The first-order chi connectivity index (χ1) is 16.4. The SMILES string of the molecule is Cn1cc(C(=O)N2CCOCC2)c(O)c1-c1nc2cc(NC(=O)c3ccccc3)ccc2n1C. The summed E-state index contributed by atoms with van der Waals surface area (Å²) in [4.78, 5) is 31.9. The van der Waals surface area contributed by atoms with Crippen molar-refractivity contribution in [3.63, 3.8) is 0 Å². The number of aryl methyl sites for hydroxylation is 2. The normalized spacial score (nSPS) is 13.9. The molecule has 1 saturated heterocycles. The second-order valence-electron chi connectivity index (χ2n) is 8.27. The van der Waals surface area contributed by atoms with E-state index in [1.807, 2.05) is 41.9 Å². The van der Waals surface area contributed by atoms with Gasteiger partial charge in [-0.1, -0.05) is 18.2 Å². The zero-order valence-electron chi connectivity index (χ0n) is 19.0. The molecule has 0 spiro atoms. The standard InChI is InChI=1S/C25H25N5O4/c1-28-15-18(25(33)30-10-12-34-13-11-30)22(31)21(28)23-27-19-14-17(8-9-20(19)29(23)2)26-24(32)16-6-4-3-5-7-16/h3-9,14-15,31H,10-13H2,1-2H3,(H,26,32). The number of carbonyl (C=O) groups excluding carboxylic acids is 2. The first-order valence-corrected chi connectivity index (χ1v) is 11.0. The van der Waals surface area contributed by atoms with Crippen molar-refractivity contribution in [1.82, 2.24) is 19.0 Å². The number of carbonyl (C=O) groups is 2. The molecular weight excluding hydrogens is 434 g/mol.